The molecular formula is C13H15NO2. The Kier molecular flexibility index (Phi) is 3.04. The predicted octanol–water partition coefficient (Wildman–Crippen LogP) is 2.30. The van der Waals surface area contributed by atoms with E-state index in [1.165, 1.54) is 0 Å². The fraction of sp³-hybridized carbons (Fsp3) is 0.385. The molecule has 3 nitrogen and oxygen atoms in total. The SMILES string of the molecule is CC(C)C1COC(c2ccc(C=O)cc2)=N1. The first kappa shape index (κ1) is 10.9. The molecule has 0 amide bonds. The minimum Gasteiger partial charge on any atom is -0.475 e. The molecule has 3 heteroatoms. The molecule has 0 aliphatic carbocycles. The lowest BCUT2D eigenvalue weighted by Gasteiger charge is -2.06. The predicted molar refractivity (Wildman–Crippen MR) is 62.9 cm³/mol. The maximum absolute atomic E-state index is 10.5. The lowest BCUT2D eigenvalue weighted by atomic mass is 10.1. The van der Waals surface area contributed by atoms with E-state index in [2.05, 4.69) is 18.8 Å². The van der Waals surface area contributed by atoms with Gasteiger partial charge in [-0.15, -0.1) is 0 Å². The number of aliphatic imine (C=N–C) groups is 1. The summed E-state index contributed by atoms with van der Waals surface area (Å²) in [5, 5.41) is 0. The Balaban J connectivity index is 2.19. The molecule has 0 fully saturated rings. The molecule has 1 heterocycles. The zero-order chi connectivity index (χ0) is 11.5. The summed E-state index contributed by atoms with van der Waals surface area (Å²) >= 11 is 0. The minimum absolute atomic E-state index is 0.251. The maximum atomic E-state index is 10.5. The highest BCUT2D eigenvalue weighted by atomic mass is 16.5. The van der Waals surface area contributed by atoms with Crippen molar-refractivity contribution in [2.45, 2.75) is 19.9 Å². The lowest BCUT2D eigenvalue weighted by Crippen LogP contribution is -2.13. The van der Waals surface area contributed by atoms with Crippen molar-refractivity contribution < 1.29 is 9.53 Å². The van der Waals surface area contributed by atoms with Crippen molar-refractivity contribution in [3.05, 3.63) is 35.4 Å². The van der Waals surface area contributed by atoms with Gasteiger partial charge in [0.1, 0.15) is 12.9 Å². The van der Waals surface area contributed by atoms with Gasteiger partial charge in [0.2, 0.25) is 5.90 Å². The van der Waals surface area contributed by atoms with Gasteiger partial charge in [-0.05, 0) is 18.1 Å². The summed E-state index contributed by atoms with van der Waals surface area (Å²) in [6.45, 7) is 4.92. The van der Waals surface area contributed by atoms with Crippen LogP contribution in [0.5, 0.6) is 0 Å². The fourth-order valence-electron chi connectivity index (χ4n) is 1.59. The van der Waals surface area contributed by atoms with Crippen LogP contribution in [-0.4, -0.2) is 24.8 Å². The molecular weight excluding hydrogens is 202 g/mol. The van der Waals surface area contributed by atoms with Gasteiger partial charge in [-0.25, -0.2) is 4.99 Å². The summed E-state index contributed by atoms with van der Waals surface area (Å²) < 4.78 is 5.55. The molecule has 1 unspecified atom stereocenters. The topological polar surface area (TPSA) is 38.7 Å². The van der Waals surface area contributed by atoms with Crippen LogP contribution in [0.1, 0.15) is 29.8 Å². The van der Waals surface area contributed by atoms with E-state index in [0.29, 0.717) is 24.0 Å². The van der Waals surface area contributed by atoms with Crippen LogP contribution < -0.4 is 0 Å². The van der Waals surface area contributed by atoms with Crippen LogP contribution in [0.25, 0.3) is 0 Å². The van der Waals surface area contributed by atoms with E-state index in [1.807, 2.05) is 12.1 Å². The van der Waals surface area contributed by atoms with Crippen molar-refractivity contribution in [1.82, 2.24) is 0 Å². The highest BCUT2D eigenvalue weighted by Gasteiger charge is 2.22. The fourth-order valence-corrected chi connectivity index (χ4v) is 1.59. The first-order valence-electron chi connectivity index (χ1n) is 5.47. The molecule has 0 radical (unpaired) electrons. The van der Waals surface area contributed by atoms with Crippen LogP contribution in [0.2, 0.25) is 0 Å². The molecule has 0 saturated heterocycles. The molecule has 0 spiro atoms. The average Bonchev–Trinajstić information content (AvgIpc) is 2.78. The summed E-state index contributed by atoms with van der Waals surface area (Å²) in [7, 11) is 0. The summed E-state index contributed by atoms with van der Waals surface area (Å²) in [4.78, 5) is 15.0. The average molecular weight is 217 g/mol. The second kappa shape index (κ2) is 4.47. The van der Waals surface area contributed by atoms with Crippen molar-refractivity contribution in [3.63, 3.8) is 0 Å². The van der Waals surface area contributed by atoms with Crippen LogP contribution in [0.3, 0.4) is 0 Å². The van der Waals surface area contributed by atoms with Crippen LogP contribution in [0.15, 0.2) is 29.3 Å². The first-order chi connectivity index (χ1) is 7.70. The monoisotopic (exact) mass is 217 g/mol. The molecule has 1 aliphatic heterocycles. The summed E-state index contributed by atoms with van der Waals surface area (Å²) in [5.41, 5.74) is 1.61. The molecule has 0 bridgehead atoms. The van der Waals surface area contributed by atoms with Gasteiger partial charge in [0.15, 0.2) is 0 Å². The molecule has 1 aromatic rings. The van der Waals surface area contributed by atoms with E-state index < -0.39 is 0 Å². The lowest BCUT2D eigenvalue weighted by molar-refractivity contribution is 0.112. The van der Waals surface area contributed by atoms with Crippen LogP contribution >= 0.6 is 0 Å². The third kappa shape index (κ3) is 2.13. The highest BCUT2D eigenvalue weighted by molar-refractivity contribution is 5.95. The van der Waals surface area contributed by atoms with Gasteiger partial charge in [0.25, 0.3) is 0 Å². The number of carbonyl (C=O) groups excluding carboxylic acids is 1. The van der Waals surface area contributed by atoms with Crippen molar-refractivity contribution in [3.8, 4) is 0 Å². The molecule has 0 aromatic heterocycles. The third-order valence-electron chi connectivity index (χ3n) is 2.74. The largest absolute Gasteiger partial charge is 0.475 e. The van der Waals surface area contributed by atoms with Gasteiger partial charge in [-0.3, -0.25) is 4.79 Å². The Labute approximate surface area is 95.2 Å². The zero-order valence-corrected chi connectivity index (χ0v) is 9.51. The number of aldehydes is 1. The van der Waals surface area contributed by atoms with Crippen LogP contribution in [0, 0.1) is 5.92 Å². The van der Waals surface area contributed by atoms with Crippen molar-refractivity contribution in [2.75, 3.05) is 6.61 Å². The molecule has 2 rings (SSSR count). The second-order valence-electron chi connectivity index (χ2n) is 4.30. The van der Waals surface area contributed by atoms with E-state index in [0.717, 1.165) is 11.8 Å². The number of hydrogen-bond donors (Lipinski definition) is 0. The van der Waals surface area contributed by atoms with Crippen molar-refractivity contribution >= 4 is 12.2 Å². The highest BCUT2D eigenvalue weighted by Crippen LogP contribution is 2.17. The summed E-state index contributed by atoms with van der Waals surface area (Å²) in [6.07, 6.45) is 0.831. The van der Waals surface area contributed by atoms with Gasteiger partial charge < -0.3 is 4.74 Å². The van der Waals surface area contributed by atoms with Crippen LogP contribution in [0.4, 0.5) is 0 Å². The van der Waals surface area contributed by atoms with Crippen LogP contribution in [-0.2, 0) is 4.74 Å². The van der Waals surface area contributed by atoms with Gasteiger partial charge in [-0.2, -0.15) is 0 Å². The standard InChI is InChI=1S/C13H15NO2/c1-9(2)12-8-16-13(14-12)11-5-3-10(7-15)4-6-11/h3-7,9,12H,8H2,1-2H3. The number of carbonyl (C=O) groups is 1. The molecule has 0 N–H and O–H groups in total. The first-order valence-corrected chi connectivity index (χ1v) is 5.47. The number of nitrogens with zero attached hydrogens (tertiary/aromatic N) is 1. The summed E-state index contributed by atoms with van der Waals surface area (Å²) in [5.74, 6) is 1.18. The van der Waals surface area contributed by atoms with E-state index in [9.17, 15) is 4.79 Å². The Bertz CT molecular complexity index is 406. The molecule has 0 saturated carbocycles. The molecule has 1 atom stereocenters. The Morgan fingerprint density at radius 1 is 1.38 bits per heavy atom. The van der Waals surface area contributed by atoms with E-state index in [4.69, 9.17) is 4.74 Å². The number of ether oxygens (including phenoxy) is 1. The van der Waals surface area contributed by atoms with Gasteiger partial charge in [0, 0.05) is 11.1 Å². The zero-order valence-electron chi connectivity index (χ0n) is 9.51. The van der Waals surface area contributed by atoms with E-state index in [-0.39, 0.29) is 6.04 Å². The molecule has 16 heavy (non-hydrogen) atoms. The smallest absolute Gasteiger partial charge is 0.216 e. The third-order valence-corrected chi connectivity index (χ3v) is 2.74. The second-order valence-corrected chi connectivity index (χ2v) is 4.30. The van der Waals surface area contributed by atoms with Crippen molar-refractivity contribution in [2.24, 2.45) is 10.9 Å². The summed E-state index contributed by atoms with van der Waals surface area (Å²) in [6, 6.07) is 7.53. The Morgan fingerprint density at radius 2 is 2.06 bits per heavy atom. The Hall–Kier alpha value is -1.64. The van der Waals surface area contributed by atoms with E-state index >= 15 is 0 Å². The van der Waals surface area contributed by atoms with Gasteiger partial charge in [-0.1, -0.05) is 26.0 Å². The number of benzene rings is 1. The molecule has 1 aromatic carbocycles. The number of rotatable bonds is 3. The Morgan fingerprint density at radius 3 is 2.56 bits per heavy atom. The normalized spacial score (nSPS) is 19.4. The van der Waals surface area contributed by atoms with Gasteiger partial charge in [0.05, 0.1) is 6.04 Å². The van der Waals surface area contributed by atoms with Gasteiger partial charge >= 0.3 is 0 Å². The maximum Gasteiger partial charge on any atom is 0.216 e. The minimum atomic E-state index is 0.251. The molecule has 1 aliphatic rings. The number of hydrogen-bond acceptors (Lipinski definition) is 3. The quantitative estimate of drug-likeness (QED) is 0.729. The van der Waals surface area contributed by atoms with Crippen molar-refractivity contribution in [1.29, 1.82) is 0 Å². The molecule has 84 valence electrons. The van der Waals surface area contributed by atoms with E-state index in [1.54, 1.807) is 12.1 Å².